The Labute approximate surface area is 206 Å². The Bertz CT molecular complexity index is 1180. The standard InChI is InChI=1S/C23H28N6O3S2/c1-4-28-8-10-29(11-9-28)22(31)21-25-14(3)19(34-21)17-13-33-23(27-17)26-16-12-15(20(24)30)6-7-18(16)32-5-2/h6-7,12-13H,4-5,8-11H2,1-3H3,(H2,24,30)(H,26,27). The third kappa shape index (κ3) is 5.21. The summed E-state index contributed by atoms with van der Waals surface area (Å²) in [5.41, 5.74) is 7.96. The van der Waals surface area contributed by atoms with E-state index in [9.17, 15) is 9.59 Å². The molecule has 0 radical (unpaired) electrons. The number of ether oxygens (including phenoxy) is 1. The second-order valence-electron chi connectivity index (χ2n) is 7.83. The molecule has 3 aromatic rings. The predicted octanol–water partition coefficient (Wildman–Crippen LogP) is 3.59. The molecule has 11 heteroatoms. The quantitative estimate of drug-likeness (QED) is 0.486. The molecule has 1 aromatic carbocycles. The molecule has 0 atom stereocenters. The molecule has 9 nitrogen and oxygen atoms in total. The van der Waals surface area contributed by atoms with E-state index in [0.29, 0.717) is 33.7 Å². The van der Waals surface area contributed by atoms with Gasteiger partial charge in [-0.3, -0.25) is 9.59 Å². The van der Waals surface area contributed by atoms with Crippen molar-refractivity contribution in [3.8, 4) is 16.3 Å². The van der Waals surface area contributed by atoms with Gasteiger partial charge in [-0.2, -0.15) is 0 Å². The van der Waals surface area contributed by atoms with Gasteiger partial charge in [0.2, 0.25) is 5.91 Å². The van der Waals surface area contributed by atoms with Crippen molar-refractivity contribution in [2.24, 2.45) is 5.73 Å². The highest BCUT2D eigenvalue weighted by Crippen LogP contribution is 2.35. The van der Waals surface area contributed by atoms with Crippen molar-refractivity contribution < 1.29 is 14.3 Å². The summed E-state index contributed by atoms with van der Waals surface area (Å²) < 4.78 is 5.66. The number of hydrogen-bond donors (Lipinski definition) is 2. The van der Waals surface area contributed by atoms with E-state index in [1.165, 1.54) is 22.7 Å². The SMILES string of the molecule is CCOc1ccc(C(N)=O)cc1Nc1nc(-c2sc(C(=O)N3CCN(CC)CC3)nc2C)cs1. The monoisotopic (exact) mass is 500 g/mol. The number of rotatable bonds is 8. The molecule has 0 bridgehead atoms. The summed E-state index contributed by atoms with van der Waals surface area (Å²) in [6.45, 7) is 10.6. The molecular weight excluding hydrogens is 472 g/mol. The van der Waals surface area contributed by atoms with E-state index in [0.717, 1.165) is 49.0 Å². The van der Waals surface area contributed by atoms with Gasteiger partial charge >= 0.3 is 0 Å². The van der Waals surface area contributed by atoms with E-state index < -0.39 is 5.91 Å². The van der Waals surface area contributed by atoms with E-state index in [-0.39, 0.29) is 5.91 Å². The lowest BCUT2D eigenvalue weighted by molar-refractivity contribution is 0.0642. The van der Waals surface area contributed by atoms with E-state index in [4.69, 9.17) is 15.5 Å². The fraction of sp³-hybridized carbons (Fsp3) is 0.391. The van der Waals surface area contributed by atoms with Crippen LogP contribution < -0.4 is 15.8 Å². The van der Waals surface area contributed by atoms with Crippen molar-refractivity contribution in [3.63, 3.8) is 0 Å². The van der Waals surface area contributed by atoms with E-state index >= 15 is 0 Å². The number of aryl methyl sites for hydroxylation is 1. The number of aromatic nitrogens is 2. The Morgan fingerprint density at radius 1 is 1.18 bits per heavy atom. The van der Waals surface area contributed by atoms with Crippen LogP contribution in [0.3, 0.4) is 0 Å². The van der Waals surface area contributed by atoms with Gasteiger partial charge < -0.3 is 25.6 Å². The predicted molar refractivity (Wildman–Crippen MR) is 135 cm³/mol. The van der Waals surface area contributed by atoms with Crippen molar-refractivity contribution in [2.45, 2.75) is 20.8 Å². The third-order valence-corrected chi connectivity index (χ3v) is 7.55. The van der Waals surface area contributed by atoms with Gasteiger partial charge in [-0.1, -0.05) is 6.92 Å². The molecule has 1 aliphatic heterocycles. The lowest BCUT2D eigenvalue weighted by Gasteiger charge is -2.33. The van der Waals surface area contributed by atoms with Gasteiger partial charge in [0.05, 0.1) is 28.6 Å². The Hall–Kier alpha value is -3.02. The maximum absolute atomic E-state index is 13.0. The number of primary amides is 1. The molecule has 0 aliphatic carbocycles. The van der Waals surface area contributed by atoms with Gasteiger partial charge in [0.25, 0.3) is 5.91 Å². The summed E-state index contributed by atoms with van der Waals surface area (Å²) in [4.78, 5) is 38.9. The van der Waals surface area contributed by atoms with Crippen LogP contribution in [0.15, 0.2) is 23.6 Å². The molecular formula is C23H28N6O3S2. The van der Waals surface area contributed by atoms with Gasteiger partial charge in [-0.05, 0) is 38.6 Å². The minimum atomic E-state index is -0.514. The topological polar surface area (TPSA) is 114 Å². The number of thiazole rings is 2. The highest BCUT2D eigenvalue weighted by atomic mass is 32.1. The highest BCUT2D eigenvalue weighted by molar-refractivity contribution is 7.18. The number of carbonyl (C=O) groups excluding carboxylic acids is 2. The third-order valence-electron chi connectivity index (χ3n) is 5.63. The zero-order valence-corrected chi connectivity index (χ0v) is 21.1. The molecule has 2 amide bonds. The van der Waals surface area contributed by atoms with E-state index in [2.05, 4.69) is 22.1 Å². The number of benzene rings is 1. The van der Waals surface area contributed by atoms with Crippen LogP contribution in [-0.2, 0) is 0 Å². The van der Waals surface area contributed by atoms with Gasteiger partial charge in [0.15, 0.2) is 10.1 Å². The number of carbonyl (C=O) groups is 2. The van der Waals surface area contributed by atoms with Crippen LogP contribution in [0.2, 0.25) is 0 Å². The first-order valence-corrected chi connectivity index (χ1v) is 12.9. The average molecular weight is 501 g/mol. The summed E-state index contributed by atoms with van der Waals surface area (Å²) in [6, 6.07) is 5.00. The Morgan fingerprint density at radius 3 is 2.62 bits per heavy atom. The molecule has 1 fully saturated rings. The first kappa shape index (κ1) is 24.1. The van der Waals surface area contributed by atoms with Crippen molar-refractivity contribution in [1.29, 1.82) is 0 Å². The summed E-state index contributed by atoms with van der Waals surface area (Å²) in [5.74, 6) is 0.0714. The lowest BCUT2D eigenvalue weighted by Crippen LogP contribution is -2.48. The van der Waals surface area contributed by atoms with Crippen LogP contribution in [-0.4, -0.2) is 70.9 Å². The van der Waals surface area contributed by atoms with E-state index in [1.54, 1.807) is 18.2 Å². The van der Waals surface area contributed by atoms with Crippen molar-refractivity contribution in [3.05, 3.63) is 39.8 Å². The second-order valence-corrected chi connectivity index (χ2v) is 9.69. The number of nitrogens with zero attached hydrogens (tertiary/aromatic N) is 4. The molecule has 1 aliphatic rings. The number of likely N-dealkylation sites (N-methyl/N-ethyl adjacent to an activating group) is 1. The molecule has 0 spiro atoms. The minimum absolute atomic E-state index is 0.0201. The maximum Gasteiger partial charge on any atom is 0.282 e. The van der Waals surface area contributed by atoms with Crippen LogP contribution in [0.25, 0.3) is 10.6 Å². The van der Waals surface area contributed by atoms with Gasteiger partial charge in [-0.25, -0.2) is 9.97 Å². The van der Waals surface area contributed by atoms with Gasteiger partial charge in [-0.15, -0.1) is 22.7 Å². The second kappa shape index (κ2) is 10.5. The number of anilines is 2. The largest absolute Gasteiger partial charge is 0.492 e. The van der Waals surface area contributed by atoms with Crippen molar-refractivity contribution >= 4 is 45.3 Å². The molecule has 3 heterocycles. The van der Waals surface area contributed by atoms with Crippen molar-refractivity contribution in [2.75, 3.05) is 44.6 Å². The smallest absolute Gasteiger partial charge is 0.282 e. The highest BCUT2D eigenvalue weighted by Gasteiger charge is 2.25. The molecule has 1 saturated heterocycles. The number of nitrogens with two attached hydrogens (primary N) is 1. The number of nitrogens with one attached hydrogen (secondary N) is 1. The Kier molecular flexibility index (Phi) is 7.44. The molecule has 0 saturated carbocycles. The summed E-state index contributed by atoms with van der Waals surface area (Å²) in [7, 11) is 0. The Morgan fingerprint density at radius 2 is 1.94 bits per heavy atom. The first-order chi connectivity index (χ1) is 16.4. The number of piperazine rings is 1. The normalized spacial score (nSPS) is 14.3. The summed E-state index contributed by atoms with van der Waals surface area (Å²) >= 11 is 2.79. The van der Waals surface area contributed by atoms with E-state index in [1.807, 2.05) is 24.1 Å². The van der Waals surface area contributed by atoms with Crippen LogP contribution in [0.1, 0.15) is 39.7 Å². The van der Waals surface area contributed by atoms with Crippen LogP contribution in [0, 0.1) is 6.92 Å². The fourth-order valence-corrected chi connectivity index (χ4v) is 5.52. The van der Waals surface area contributed by atoms with Gasteiger partial charge in [0, 0.05) is 37.1 Å². The average Bonchev–Trinajstić information content (AvgIpc) is 3.46. The summed E-state index contributed by atoms with van der Waals surface area (Å²) in [5, 5.41) is 6.28. The maximum atomic E-state index is 13.0. The van der Waals surface area contributed by atoms with Crippen molar-refractivity contribution in [1.82, 2.24) is 19.8 Å². The molecule has 4 rings (SSSR count). The molecule has 2 aromatic heterocycles. The number of hydrogen-bond acceptors (Lipinski definition) is 9. The van der Waals surface area contributed by atoms with Crippen LogP contribution in [0.4, 0.5) is 10.8 Å². The first-order valence-electron chi connectivity index (χ1n) is 11.2. The van der Waals surface area contributed by atoms with Crippen LogP contribution >= 0.6 is 22.7 Å². The zero-order valence-electron chi connectivity index (χ0n) is 19.5. The molecule has 180 valence electrons. The number of amides is 2. The van der Waals surface area contributed by atoms with Gasteiger partial charge in [0.1, 0.15) is 5.75 Å². The minimum Gasteiger partial charge on any atom is -0.492 e. The molecule has 34 heavy (non-hydrogen) atoms. The lowest BCUT2D eigenvalue weighted by atomic mass is 10.2. The van der Waals surface area contributed by atoms with Crippen LogP contribution in [0.5, 0.6) is 5.75 Å². The zero-order chi connectivity index (χ0) is 24.2. The molecule has 3 N–H and O–H groups in total. The molecule has 0 unspecified atom stereocenters. The Balaban J connectivity index is 1.52. The fourth-order valence-electron chi connectivity index (χ4n) is 3.74. The summed E-state index contributed by atoms with van der Waals surface area (Å²) in [6.07, 6.45) is 0.